The van der Waals surface area contributed by atoms with Gasteiger partial charge in [-0.15, -0.1) is 0 Å². The zero-order valence-electron chi connectivity index (χ0n) is 19.6. The Morgan fingerprint density at radius 3 is 2.26 bits per heavy atom. The van der Waals surface area contributed by atoms with Crippen molar-refractivity contribution in [2.45, 2.75) is 32.6 Å². The molecule has 5 rings (SSSR count). The van der Waals surface area contributed by atoms with Crippen molar-refractivity contribution in [3.63, 3.8) is 0 Å². The van der Waals surface area contributed by atoms with E-state index < -0.39 is 11.3 Å². The van der Waals surface area contributed by atoms with E-state index in [4.69, 9.17) is 5.26 Å². The van der Waals surface area contributed by atoms with Gasteiger partial charge in [0.25, 0.3) is 5.91 Å². The summed E-state index contributed by atoms with van der Waals surface area (Å²) in [6.07, 6.45) is 3.68. The molecular formula is C28H24N4O3. The highest BCUT2D eigenvalue weighted by atomic mass is 16.2. The maximum absolute atomic E-state index is 13.3. The van der Waals surface area contributed by atoms with Crippen molar-refractivity contribution >= 4 is 17.5 Å². The summed E-state index contributed by atoms with van der Waals surface area (Å²) in [6.45, 7) is 4.62. The Kier molecular flexibility index (Phi) is 5.52. The molecule has 1 aliphatic heterocycles. The lowest BCUT2D eigenvalue weighted by atomic mass is 9.63. The molecule has 7 heteroatoms. The molecule has 1 saturated carbocycles. The van der Waals surface area contributed by atoms with Gasteiger partial charge in [-0.3, -0.25) is 24.4 Å². The van der Waals surface area contributed by atoms with Crippen LogP contribution in [-0.4, -0.2) is 45.4 Å². The predicted octanol–water partition coefficient (Wildman–Crippen LogP) is 3.79. The number of carbonyl (C=O) groups is 3. The molecule has 0 radical (unpaired) electrons. The van der Waals surface area contributed by atoms with E-state index in [9.17, 15) is 14.4 Å². The molecule has 2 aliphatic rings. The summed E-state index contributed by atoms with van der Waals surface area (Å²) in [4.78, 5) is 49.4. The van der Waals surface area contributed by atoms with Crippen molar-refractivity contribution in [2.24, 2.45) is 5.41 Å². The Bertz CT molecular complexity index is 1340. The lowest BCUT2D eigenvalue weighted by Gasteiger charge is -2.52. The number of pyridine rings is 2. The standard InChI is InChI=1S/C28H24N4O3/c1-17-9-20(21-7-6-19(13-29)14-31-21)10-18(2)25(17)26-23(33)11-28(12-24(26)34)15-32(16-28)27(35)22-5-3-4-8-30-22/h3-10,14,26H,11-12,15-16H2,1-2H3. The maximum Gasteiger partial charge on any atom is 0.272 e. The summed E-state index contributed by atoms with van der Waals surface area (Å²) >= 11 is 0. The van der Waals surface area contributed by atoms with Crippen LogP contribution in [0.2, 0.25) is 0 Å². The third-order valence-corrected chi connectivity index (χ3v) is 7.04. The van der Waals surface area contributed by atoms with Crippen LogP contribution in [-0.2, 0) is 9.59 Å². The molecule has 3 aromatic rings. The number of rotatable bonds is 3. The van der Waals surface area contributed by atoms with Gasteiger partial charge in [0.15, 0.2) is 0 Å². The normalized spacial score (nSPS) is 17.2. The maximum atomic E-state index is 13.3. The number of hydrogen-bond acceptors (Lipinski definition) is 6. The first-order valence-electron chi connectivity index (χ1n) is 11.5. The molecule has 2 aromatic heterocycles. The van der Waals surface area contributed by atoms with Gasteiger partial charge in [-0.25, -0.2) is 0 Å². The minimum atomic E-state index is -0.774. The summed E-state index contributed by atoms with van der Waals surface area (Å²) in [6, 6.07) is 14.6. The summed E-state index contributed by atoms with van der Waals surface area (Å²) in [5, 5.41) is 8.99. The van der Waals surface area contributed by atoms with Gasteiger partial charge in [-0.2, -0.15) is 5.26 Å². The molecule has 1 aliphatic carbocycles. The quantitative estimate of drug-likeness (QED) is 0.546. The average molecular weight is 465 g/mol. The van der Waals surface area contributed by atoms with Crippen LogP contribution in [0.5, 0.6) is 0 Å². The topological polar surface area (TPSA) is 104 Å². The van der Waals surface area contributed by atoms with Crippen LogP contribution >= 0.6 is 0 Å². The number of likely N-dealkylation sites (tertiary alicyclic amines) is 1. The van der Waals surface area contributed by atoms with Crippen LogP contribution < -0.4 is 0 Å². The number of ketones is 2. The zero-order chi connectivity index (χ0) is 24.7. The summed E-state index contributed by atoms with van der Waals surface area (Å²) in [5.74, 6) is -1.11. The van der Waals surface area contributed by atoms with Crippen molar-refractivity contribution in [3.8, 4) is 17.3 Å². The summed E-state index contributed by atoms with van der Waals surface area (Å²) < 4.78 is 0. The largest absolute Gasteiger partial charge is 0.336 e. The Labute approximate surface area is 203 Å². The molecule has 2 fully saturated rings. The number of nitriles is 1. The van der Waals surface area contributed by atoms with E-state index in [1.54, 1.807) is 41.4 Å². The second-order valence-corrected chi connectivity index (χ2v) is 9.66. The number of carbonyl (C=O) groups excluding carboxylic acids is 3. The second kappa shape index (κ2) is 8.55. The number of amides is 1. The van der Waals surface area contributed by atoms with Crippen LogP contribution in [0.1, 0.15) is 51.5 Å². The van der Waals surface area contributed by atoms with Crippen molar-refractivity contribution < 1.29 is 14.4 Å². The zero-order valence-corrected chi connectivity index (χ0v) is 19.6. The number of Topliss-reactive ketones (excluding diaryl/α,β-unsaturated/α-hetero) is 2. The number of nitrogens with zero attached hydrogens (tertiary/aromatic N) is 4. The third kappa shape index (κ3) is 4.01. The third-order valence-electron chi connectivity index (χ3n) is 7.04. The molecule has 1 spiro atoms. The molecule has 3 heterocycles. The summed E-state index contributed by atoms with van der Waals surface area (Å²) in [5.41, 5.74) is 4.51. The van der Waals surface area contributed by atoms with Gasteiger partial charge < -0.3 is 4.90 Å². The van der Waals surface area contributed by atoms with E-state index in [0.717, 1.165) is 27.9 Å². The van der Waals surface area contributed by atoms with E-state index in [1.165, 1.54) is 6.20 Å². The van der Waals surface area contributed by atoms with Gasteiger partial charge in [-0.1, -0.05) is 6.07 Å². The average Bonchev–Trinajstić information content (AvgIpc) is 2.83. The second-order valence-electron chi connectivity index (χ2n) is 9.66. The summed E-state index contributed by atoms with van der Waals surface area (Å²) in [7, 11) is 0. The van der Waals surface area contributed by atoms with Crippen LogP contribution in [0, 0.1) is 30.6 Å². The minimum Gasteiger partial charge on any atom is -0.336 e. The fourth-order valence-electron chi connectivity index (χ4n) is 5.50. The number of benzene rings is 1. The van der Waals surface area contributed by atoms with Crippen LogP contribution in [0.4, 0.5) is 0 Å². The SMILES string of the molecule is Cc1cc(-c2ccc(C#N)cn2)cc(C)c1C1C(=O)CC2(CC1=O)CN(C(=O)c1ccccn1)C2. The first-order chi connectivity index (χ1) is 16.8. The highest BCUT2D eigenvalue weighted by Crippen LogP contribution is 2.46. The molecule has 35 heavy (non-hydrogen) atoms. The van der Waals surface area contributed by atoms with Crippen molar-refractivity contribution in [1.29, 1.82) is 5.26 Å². The molecule has 7 nitrogen and oxygen atoms in total. The molecule has 174 valence electrons. The van der Waals surface area contributed by atoms with Crippen molar-refractivity contribution in [3.05, 3.63) is 82.8 Å². The smallest absolute Gasteiger partial charge is 0.272 e. The Morgan fingerprint density at radius 2 is 1.71 bits per heavy atom. The molecule has 1 amide bonds. The molecule has 1 saturated heterocycles. The molecule has 1 aromatic carbocycles. The monoisotopic (exact) mass is 464 g/mol. The van der Waals surface area contributed by atoms with E-state index in [2.05, 4.69) is 16.0 Å². The van der Waals surface area contributed by atoms with Gasteiger partial charge in [0, 0.05) is 49.3 Å². The van der Waals surface area contributed by atoms with Gasteiger partial charge in [0.1, 0.15) is 29.2 Å². The first-order valence-corrected chi connectivity index (χ1v) is 11.5. The van der Waals surface area contributed by atoms with Gasteiger partial charge in [-0.05, 0) is 66.9 Å². The number of aromatic nitrogens is 2. The van der Waals surface area contributed by atoms with E-state index in [1.807, 2.05) is 26.0 Å². The van der Waals surface area contributed by atoms with Gasteiger partial charge in [0.2, 0.25) is 0 Å². The molecule has 0 unspecified atom stereocenters. The fraction of sp³-hybridized carbons (Fsp3) is 0.286. The van der Waals surface area contributed by atoms with Gasteiger partial charge >= 0.3 is 0 Å². The van der Waals surface area contributed by atoms with Crippen LogP contribution in [0.15, 0.2) is 54.9 Å². The highest BCUT2D eigenvalue weighted by molar-refractivity contribution is 6.11. The molecular weight excluding hydrogens is 440 g/mol. The predicted molar refractivity (Wildman–Crippen MR) is 128 cm³/mol. The lowest BCUT2D eigenvalue weighted by Crippen LogP contribution is -2.62. The highest BCUT2D eigenvalue weighted by Gasteiger charge is 2.53. The van der Waals surface area contributed by atoms with Crippen molar-refractivity contribution in [1.82, 2.24) is 14.9 Å². The lowest BCUT2D eigenvalue weighted by molar-refractivity contribution is -0.141. The fourth-order valence-corrected chi connectivity index (χ4v) is 5.50. The Balaban J connectivity index is 1.34. The molecule has 0 bridgehead atoms. The van der Waals surface area contributed by atoms with Crippen LogP contribution in [0.3, 0.4) is 0 Å². The van der Waals surface area contributed by atoms with E-state index >= 15 is 0 Å². The van der Waals surface area contributed by atoms with E-state index in [0.29, 0.717) is 24.3 Å². The van der Waals surface area contributed by atoms with Crippen LogP contribution in [0.25, 0.3) is 11.3 Å². The Morgan fingerprint density at radius 1 is 1.03 bits per heavy atom. The van der Waals surface area contributed by atoms with Crippen molar-refractivity contribution in [2.75, 3.05) is 13.1 Å². The first kappa shape index (κ1) is 22.6. The number of hydrogen-bond donors (Lipinski definition) is 0. The number of aryl methyl sites for hydroxylation is 2. The molecule has 0 atom stereocenters. The van der Waals surface area contributed by atoms with E-state index in [-0.39, 0.29) is 30.3 Å². The minimum absolute atomic E-state index is 0.0818. The Hall–Kier alpha value is -4.18. The molecule has 0 N–H and O–H groups in total. The van der Waals surface area contributed by atoms with Gasteiger partial charge in [0.05, 0.1) is 11.3 Å².